The first-order chi connectivity index (χ1) is 14.1. The fourth-order valence-corrected chi connectivity index (χ4v) is 2.83. The Kier molecular flexibility index (Phi) is 6.89. The van der Waals surface area contributed by atoms with Gasteiger partial charge in [-0.2, -0.15) is 0 Å². The molecule has 3 aromatic rings. The number of nitrogens with zero attached hydrogens (tertiary/aromatic N) is 1. The lowest BCUT2D eigenvalue weighted by Crippen LogP contribution is -2.01. The van der Waals surface area contributed by atoms with Crippen LogP contribution in [-0.4, -0.2) is 29.3 Å². The second-order valence-corrected chi connectivity index (χ2v) is 6.62. The zero-order valence-electron chi connectivity index (χ0n) is 16.7. The number of benzene rings is 2. The predicted molar refractivity (Wildman–Crippen MR) is 112 cm³/mol. The van der Waals surface area contributed by atoms with Crippen LogP contribution in [0.5, 0.6) is 11.5 Å². The van der Waals surface area contributed by atoms with Crippen LogP contribution in [0.15, 0.2) is 46.9 Å². The number of ether oxygens (including phenoxy) is 2. The van der Waals surface area contributed by atoms with Gasteiger partial charge in [-0.05, 0) is 43.2 Å². The zero-order chi connectivity index (χ0) is 20.6. The average molecular weight is 395 g/mol. The summed E-state index contributed by atoms with van der Waals surface area (Å²) < 4.78 is 17.4. The number of hydrogen-bond donors (Lipinski definition) is 1. The molecule has 0 fully saturated rings. The summed E-state index contributed by atoms with van der Waals surface area (Å²) in [5.41, 5.74) is 2.52. The van der Waals surface area contributed by atoms with Crippen LogP contribution in [0.4, 0.5) is 0 Å². The maximum atomic E-state index is 11.5. The second kappa shape index (κ2) is 9.78. The van der Waals surface area contributed by atoms with E-state index in [4.69, 9.17) is 13.9 Å². The molecule has 1 aromatic heterocycles. The monoisotopic (exact) mass is 395 g/mol. The summed E-state index contributed by atoms with van der Waals surface area (Å²) in [5.74, 6) is 0.690. The highest BCUT2D eigenvalue weighted by molar-refractivity contribution is 5.91. The normalized spacial score (nSPS) is 11.6. The van der Waals surface area contributed by atoms with Crippen LogP contribution in [0.3, 0.4) is 0 Å². The Morgan fingerprint density at radius 1 is 1.10 bits per heavy atom. The molecule has 0 aliphatic rings. The van der Waals surface area contributed by atoms with Crippen LogP contribution in [0.2, 0.25) is 0 Å². The molecular weight excluding hydrogens is 370 g/mol. The molecule has 0 spiro atoms. The minimum Gasteiger partial charge on any atom is -0.493 e. The van der Waals surface area contributed by atoms with Crippen LogP contribution < -0.4 is 9.47 Å². The number of hydrogen-bond acceptors (Lipinski definition) is 5. The van der Waals surface area contributed by atoms with E-state index in [1.165, 1.54) is 0 Å². The number of rotatable bonds is 10. The molecule has 0 unspecified atom stereocenters. The molecular formula is C23H25NO5. The molecule has 1 heterocycles. The summed E-state index contributed by atoms with van der Waals surface area (Å²) in [4.78, 5) is 15.9. The van der Waals surface area contributed by atoms with E-state index in [2.05, 4.69) is 4.98 Å². The molecule has 6 heteroatoms. The molecule has 0 saturated carbocycles. The lowest BCUT2D eigenvalue weighted by molar-refractivity contribution is -0.135. The summed E-state index contributed by atoms with van der Waals surface area (Å²) in [6.45, 7) is 5.25. The Morgan fingerprint density at radius 3 is 2.59 bits per heavy atom. The quantitative estimate of drug-likeness (QED) is 0.493. The van der Waals surface area contributed by atoms with Crippen molar-refractivity contribution in [2.75, 3.05) is 13.2 Å². The topological polar surface area (TPSA) is 81.8 Å². The minimum absolute atomic E-state index is 0.214. The highest BCUT2D eigenvalue weighted by Crippen LogP contribution is 2.31. The number of carbonyl (C=O) groups is 1. The van der Waals surface area contributed by atoms with Crippen LogP contribution in [0.1, 0.15) is 44.6 Å². The fourth-order valence-electron chi connectivity index (χ4n) is 2.83. The van der Waals surface area contributed by atoms with Gasteiger partial charge >= 0.3 is 5.97 Å². The number of fused-ring (bicyclic) bond motifs is 1. The third kappa shape index (κ3) is 5.38. The van der Waals surface area contributed by atoms with E-state index >= 15 is 0 Å². The minimum atomic E-state index is -0.961. The number of oxazole rings is 1. The molecule has 0 aliphatic heterocycles. The van der Waals surface area contributed by atoms with Gasteiger partial charge in [-0.15, -0.1) is 0 Å². The van der Waals surface area contributed by atoms with Gasteiger partial charge in [0.15, 0.2) is 5.58 Å². The smallest absolute Gasteiger partial charge is 0.308 e. The third-order valence-electron chi connectivity index (χ3n) is 4.16. The molecule has 0 aliphatic carbocycles. The fraction of sp³-hybridized carbons (Fsp3) is 0.304. The van der Waals surface area contributed by atoms with Gasteiger partial charge < -0.3 is 19.0 Å². The van der Waals surface area contributed by atoms with E-state index in [0.29, 0.717) is 41.5 Å². The van der Waals surface area contributed by atoms with E-state index in [9.17, 15) is 9.90 Å². The highest BCUT2D eigenvalue weighted by Gasteiger charge is 2.16. The van der Waals surface area contributed by atoms with Gasteiger partial charge in [-0.1, -0.05) is 26.0 Å². The lowest BCUT2D eigenvalue weighted by atomic mass is 10.1. The van der Waals surface area contributed by atoms with Crippen molar-refractivity contribution in [2.45, 2.75) is 33.1 Å². The molecule has 1 N–H and O–H groups in total. The van der Waals surface area contributed by atoms with Gasteiger partial charge in [0.05, 0.1) is 19.6 Å². The SMILES string of the molecule is CCCOc1ccc(/C=C(/CC(=O)O)c2nc3ccccc3o2)c(OCCC)c1. The van der Waals surface area contributed by atoms with Crippen molar-refractivity contribution in [2.24, 2.45) is 0 Å². The number of carboxylic acid groups (broad SMARTS) is 1. The summed E-state index contributed by atoms with van der Waals surface area (Å²) >= 11 is 0. The standard InChI is InChI=1S/C23H25NO5/c1-3-11-27-18-10-9-16(21(15-18)28-12-4-2)13-17(14-22(25)26)23-24-19-7-5-6-8-20(19)29-23/h5-10,13,15H,3-4,11-12,14H2,1-2H3,(H,25,26)/b17-13-. The van der Waals surface area contributed by atoms with Crippen molar-refractivity contribution in [1.29, 1.82) is 0 Å². The van der Waals surface area contributed by atoms with Gasteiger partial charge in [0.25, 0.3) is 0 Å². The van der Waals surface area contributed by atoms with Crippen LogP contribution in [-0.2, 0) is 4.79 Å². The molecule has 0 bridgehead atoms. The summed E-state index contributed by atoms with van der Waals surface area (Å²) in [6.07, 6.45) is 3.31. The van der Waals surface area contributed by atoms with Crippen molar-refractivity contribution < 1.29 is 23.8 Å². The number of carboxylic acids is 1. The molecule has 0 saturated heterocycles. The summed E-state index contributed by atoms with van der Waals surface area (Å²) in [7, 11) is 0. The Balaban J connectivity index is 2.02. The maximum Gasteiger partial charge on any atom is 0.308 e. The molecule has 3 rings (SSSR count). The molecule has 0 amide bonds. The van der Waals surface area contributed by atoms with E-state index in [1.54, 1.807) is 12.1 Å². The first kappa shape index (κ1) is 20.5. The maximum absolute atomic E-state index is 11.5. The average Bonchev–Trinajstić information content (AvgIpc) is 3.15. The molecule has 0 radical (unpaired) electrons. The molecule has 2 aromatic carbocycles. The predicted octanol–water partition coefficient (Wildman–Crippen LogP) is 5.42. The number of para-hydroxylation sites is 2. The highest BCUT2D eigenvalue weighted by atomic mass is 16.5. The van der Waals surface area contributed by atoms with E-state index in [1.807, 2.05) is 50.2 Å². The van der Waals surface area contributed by atoms with E-state index in [0.717, 1.165) is 24.2 Å². The van der Waals surface area contributed by atoms with E-state index in [-0.39, 0.29) is 6.42 Å². The van der Waals surface area contributed by atoms with Crippen molar-refractivity contribution in [3.8, 4) is 11.5 Å². The Morgan fingerprint density at radius 2 is 1.86 bits per heavy atom. The third-order valence-corrected chi connectivity index (χ3v) is 4.16. The molecule has 6 nitrogen and oxygen atoms in total. The van der Waals surface area contributed by atoms with Gasteiger partial charge in [-0.25, -0.2) is 4.98 Å². The second-order valence-electron chi connectivity index (χ2n) is 6.62. The summed E-state index contributed by atoms with van der Waals surface area (Å²) in [5, 5.41) is 9.39. The van der Waals surface area contributed by atoms with Crippen molar-refractivity contribution in [3.05, 3.63) is 53.9 Å². The zero-order valence-corrected chi connectivity index (χ0v) is 16.7. The lowest BCUT2D eigenvalue weighted by Gasteiger charge is -2.12. The van der Waals surface area contributed by atoms with Crippen LogP contribution in [0, 0.1) is 0 Å². The Hall–Kier alpha value is -3.28. The van der Waals surface area contributed by atoms with Gasteiger partial charge in [0.2, 0.25) is 5.89 Å². The van der Waals surface area contributed by atoms with Crippen LogP contribution >= 0.6 is 0 Å². The molecule has 0 atom stereocenters. The van der Waals surface area contributed by atoms with E-state index < -0.39 is 5.97 Å². The van der Waals surface area contributed by atoms with Gasteiger partial charge in [0, 0.05) is 17.2 Å². The van der Waals surface area contributed by atoms with Gasteiger partial charge in [-0.3, -0.25) is 4.79 Å². The summed E-state index contributed by atoms with van der Waals surface area (Å²) in [6, 6.07) is 12.9. The van der Waals surface area contributed by atoms with Crippen molar-refractivity contribution in [3.63, 3.8) is 0 Å². The van der Waals surface area contributed by atoms with Crippen molar-refractivity contribution >= 4 is 28.7 Å². The molecule has 152 valence electrons. The first-order valence-corrected chi connectivity index (χ1v) is 9.78. The Labute approximate surface area is 169 Å². The number of aliphatic carboxylic acids is 1. The van der Waals surface area contributed by atoms with Crippen molar-refractivity contribution in [1.82, 2.24) is 4.98 Å². The van der Waals surface area contributed by atoms with Crippen LogP contribution in [0.25, 0.3) is 22.7 Å². The number of aromatic nitrogens is 1. The first-order valence-electron chi connectivity index (χ1n) is 9.78. The van der Waals surface area contributed by atoms with Gasteiger partial charge in [0.1, 0.15) is 17.0 Å². The Bertz CT molecular complexity index is 972. The largest absolute Gasteiger partial charge is 0.493 e. The molecule has 29 heavy (non-hydrogen) atoms.